The Bertz CT molecular complexity index is 1240. The molecule has 0 N–H and O–H groups in total. The fraction of sp³-hybridized carbons (Fsp3) is 0.750. The number of unbranched alkanes of at least 4 members (excludes halogenated alkanes) is 27. The second-order valence-corrected chi connectivity index (χ2v) is 18.5. The molecule has 0 heterocycles. The normalized spacial score (nSPS) is 12.6. The maximum atomic E-state index is 12.8. The van der Waals surface area contributed by atoms with E-state index in [-0.39, 0.29) is 31.6 Å². The Kier molecular flexibility index (Phi) is 51.9. The van der Waals surface area contributed by atoms with Crippen LogP contribution in [0, 0.1) is 0 Å². The van der Waals surface area contributed by atoms with Crippen LogP contribution < -0.4 is 0 Å². The molecule has 1 unspecified atom stereocenters. The highest BCUT2D eigenvalue weighted by molar-refractivity contribution is 5.71. The lowest BCUT2D eigenvalue weighted by Gasteiger charge is -2.18. The van der Waals surface area contributed by atoms with Crippen molar-refractivity contribution in [2.75, 3.05) is 13.2 Å². The van der Waals surface area contributed by atoms with Crippen molar-refractivity contribution in [3.63, 3.8) is 0 Å². The first-order valence-corrected chi connectivity index (χ1v) is 27.9. The van der Waals surface area contributed by atoms with Gasteiger partial charge in [0.2, 0.25) is 0 Å². The van der Waals surface area contributed by atoms with Crippen LogP contribution in [0.4, 0.5) is 0 Å². The zero-order valence-electron chi connectivity index (χ0n) is 43.4. The first kappa shape index (κ1) is 62.8. The van der Waals surface area contributed by atoms with Gasteiger partial charge in [0.1, 0.15) is 13.2 Å². The van der Waals surface area contributed by atoms with E-state index in [2.05, 4.69) is 81.5 Å². The van der Waals surface area contributed by atoms with Gasteiger partial charge < -0.3 is 14.2 Å². The minimum Gasteiger partial charge on any atom is -0.462 e. The first-order chi connectivity index (χ1) is 32.5. The summed E-state index contributed by atoms with van der Waals surface area (Å²) in [5.41, 5.74) is 0. The lowest BCUT2D eigenvalue weighted by molar-refractivity contribution is -0.166. The number of carbonyl (C=O) groups is 3. The van der Waals surface area contributed by atoms with Crippen LogP contribution >= 0.6 is 0 Å². The van der Waals surface area contributed by atoms with Crippen LogP contribution in [-0.2, 0) is 28.6 Å². The smallest absolute Gasteiger partial charge is 0.306 e. The molecule has 0 aliphatic heterocycles. The number of rotatable bonds is 50. The average Bonchev–Trinajstić information content (AvgIpc) is 3.31. The third kappa shape index (κ3) is 51.8. The zero-order valence-corrected chi connectivity index (χ0v) is 43.4. The van der Waals surface area contributed by atoms with Gasteiger partial charge in [-0.05, 0) is 96.3 Å². The molecule has 0 bridgehead atoms. The standard InChI is InChI=1S/C60H104O6/c1-4-7-10-13-16-19-22-25-26-27-28-29-30-31-32-33-34-36-38-41-44-47-50-53-59(62)65-56-57(55-64-58(61)52-49-46-43-40-37-24-21-18-15-12-9-6-3)66-60(63)54-51-48-45-42-39-35-23-20-17-14-11-8-5-2/h8,11,17-18,20-21,27-28,35,39,45,48,57H,4-7,9-10,12-16,19,22-26,29-34,36-38,40-44,46-47,49-56H2,1-3H3/b11-8-,20-17-,21-18-,28-27-,39-35-,48-45-. The molecule has 0 aliphatic rings. The molecule has 0 aliphatic carbocycles. The maximum Gasteiger partial charge on any atom is 0.306 e. The largest absolute Gasteiger partial charge is 0.462 e. The fourth-order valence-electron chi connectivity index (χ4n) is 7.74. The molecule has 0 aromatic heterocycles. The highest BCUT2D eigenvalue weighted by Crippen LogP contribution is 2.15. The van der Waals surface area contributed by atoms with Gasteiger partial charge in [0, 0.05) is 19.3 Å². The number of carbonyl (C=O) groups excluding carboxylic acids is 3. The molecule has 380 valence electrons. The van der Waals surface area contributed by atoms with E-state index < -0.39 is 12.1 Å². The molecule has 0 amide bonds. The van der Waals surface area contributed by atoms with Crippen molar-refractivity contribution >= 4 is 17.9 Å². The van der Waals surface area contributed by atoms with E-state index >= 15 is 0 Å². The highest BCUT2D eigenvalue weighted by atomic mass is 16.6. The predicted molar refractivity (Wildman–Crippen MR) is 284 cm³/mol. The number of allylic oxidation sites excluding steroid dienone is 12. The van der Waals surface area contributed by atoms with Crippen molar-refractivity contribution < 1.29 is 28.6 Å². The van der Waals surface area contributed by atoms with Gasteiger partial charge in [-0.2, -0.15) is 0 Å². The van der Waals surface area contributed by atoms with Gasteiger partial charge >= 0.3 is 17.9 Å². The number of ether oxygens (including phenoxy) is 3. The van der Waals surface area contributed by atoms with Gasteiger partial charge in [0.25, 0.3) is 0 Å². The lowest BCUT2D eigenvalue weighted by Crippen LogP contribution is -2.30. The number of hydrogen-bond acceptors (Lipinski definition) is 6. The van der Waals surface area contributed by atoms with Crippen LogP contribution in [0.25, 0.3) is 0 Å². The molecular formula is C60H104O6. The molecule has 0 saturated heterocycles. The van der Waals surface area contributed by atoms with Gasteiger partial charge in [-0.25, -0.2) is 0 Å². The number of hydrogen-bond donors (Lipinski definition) is 0. The SMILES string of the molecule is CC/C=C\C/C=C\C/C=C\C/C=C\CCC(=O)OC(COC(=O)CCCCCCC/C=C\CCCCC)COC(=O)CCCCCCCCCCCCC/C=C\CCCCCCCCCC. The minimum atomic E-state index is -0.816. The summed E-state index contributed by atoms with van der Waals surface area (Å²) >= 11 is 0. The van der Waals surface area contributed by atoms with Crippen molar-refractivity contribution in [2.24, 2.45) is 0 Å². The Morgan fingerprint density at radius 1 is 0.318 bits per heavy atom. The summed E-state index contributed by atoms with van der Waals surface area (Å²) in [6.07, 6.45) is 69.2. The summed E-state index contributed by atoms with van der Waals surface area (Å²) in [6, 6.07) is 0. The molecule has 66 heavy (non-hydrogen) atoms. The quantitative estimate of drug-likeness (QED) is 0.0262. The Labute approximate surface area is 408 Å². The van der Waals surface area contributed by atoms with Gasteiger partial charge in [-0.15, -0.1) is 0 Å². The Morgan fingerprint density at radius 2 is 0.621 bits per heavy atom. The van der Waals surface area contributed by atoms with Crippen molar-refractivity contribution in [2.45, 2.75) is 277 Å². The average molecular weight is 921 g/mol. The summed E-state index contributed by atoms with van der Waals surface area (Å²) in [6.45, 7) is 6.44. The number of esters is 3. The van der Waals surface area contributed by atoms with Crippen molar-refractivity contribution in [1.82, 2.24) is 0 Å². The minimum absolute atomic E-state index is 0.106. The van der Waals surface area contributed by atoms with E-state index in [9.17, 15) is 14.4 Å². The molecule has 0 aromatic carbocycles. The van der Waals surface area contributed by atoms with E-state index in [4.69, 9.17) is 14.2 Å². The van der Waals surface area contributed by atoms with Crippen LogP contribution in [0.15, 0.2) is 72.9 Å². The van der Waals surface area contributed by atoms with E-state index in [1.807, 2.05) is 12.2 Å². The van der Waals surface area contributed by atoms with Crippen LogP contribution in [0.3, 0.4) is 0 Å². The molecule has 0 spiro atoms. The van der Waals surface area contributed by atoms with Gasteiger partial charge in [-0.1, -0.05) is 229 Å². The van der Waals surface area contributed by atoms with Crippen LogP contribution in [0.5, 0.6) is 0 Å². The lowest BCUT2D eigenvalue weighted by atomic mass is 10.0. The van der Waals surface area contributed by atoms with Crippen molar-refractivity contribution in [3.05, 3.63) is 72.9 Å². The molecule has 0 saturated carbocycles. The van der Waals surface area contributed by atoms with E-state index in [0.717, 1.165) is 77.0 Å². The van der Waals surface area contributed by atoms with E-state index in [1.54, 1.807) is 0 Å². The molecule has 0 radical (unpaired) electrons. The summed E-state index contributed by atoms with van der Waals surface area (Å²) < 4.78 is 16.7. The monoisotopic (exact) mass is 921 g/mol. The van der Waals surface area contributed by atoms with Gasteiger partial charge in [0.05, 0.1) is 0 Å². The molecular weight excluding hydrogens is 817 g/mol. The summed E-state index contributed by atoms with van der Waals surface area (Å²) in [4.78, 5) is 38.0. The molecule has 1 atom stereocenters. The highest BCUT2D eigenvalue weighted by Gasteiger charge is 2.19. The third-order valence-electron chi connectivity index (χ3n) is 11.9. The summed E-state index contributed by atoms with van der Waals surface area (Å²) in [5.74, 6) is -0.995. The Morgan fingerprint density at radius 3 is 1.02 bits per heavy atom. The van der Waals surface area contributed by atoms with Crippen LogP contribution in [-0.4, -0.2) is 37.2 Å². The molecule has 6 nitrogen and oxygen atoms in total. The Hall–Kier alpha value is -3.15. The second-order valence-electron chi connectivity index (χ2n) is 18.5. The third-order valence-corrected chi connectivity index (χ3v) is 11.9. The molecule has 0 fully saturated rings. The first-order valence-electron chi connectivity index (χ1n) is 27.9. The van der Waals surface area contributed by atoms with Gasteiger partial charge in [0.15, 0.2) is 6.10 Å². The second kappa shape index (κ2) is 54.5. The summed E-state index contributed by atoms with van der Waals surface area (Å²) in [7, 11) is 0. The topological polar surface area (TPSA) is 78.9 Å². The van der Waals surface area contributed by atoms with Crippen molar-refractivity contribution in [3.8, 4) is 0 Å². The van der Waals surface area contributed by atoms with Gasteiger partial charge in [-0.3, -0.25) is 14.4 Å². The molecule has 0 rings (SSSR count). The zero-order chi connectivity index (χ0) is 47.9. The van der Waals surface area contributed by atoms with E-state index in [0.29, 0.717) is 19.3 Å². The summed E-state index contributed by atoms with van der Waals surface area (Å²) in [5, 5.41) is 0. The fourth-order valence-corrected chi connectivity index (χ4v) is 7.74. The van der Waals surface area contributed by atoms with Crippen LogP contribution in [0.1, 0.15) is 271 Å². The molecule has 0 aromatic rings. The van der Waals surface area contributed by atoms with Crippen molar-refractivity contribution in [1.29, 1.82) is 0 Å². The molecule has 6 heteroatoms. The predicted octanol–water partition coefficient (Wildman–Crippen LogP) is 18.6. The Balaban J connectivity index is 4.32. The van der Waals surface area contributed by atoms with Crippen LogP contribution in [0.2, 0.25) is 0 Å². The van der Waals surface area contributed by atoms with E-state index in [1.165, 1.54) is 148 Å². The maximum absolute atomic E-state index is 12.8.